The fourth-order valence-corrected chi connectivity index (χ4v) is 3.76. The second kappa shape index (κ2) is 5.19. The maximum absolute atomic E-state index is 2.49. The maximum Gasteiger partial charge on any atom is 0.0272 e. The van der Waals surface area contributed by atoms with Crippen molar-refractivity contribution in [2.24, 2.45) is 5.41 Å². The molecule has 0 rings (SSSR count). The van der Waals surface area contributed by atoms with Gasteiger partial charge in [0.2, 0.25) is 0 Å². The summed E-state index contributed by atoms with van der Waals surface area (Å²) < 4.78 is 0. The predicted octanol–water partition coefficient (Wildman–Crippen LogP) is 4.01. The minimum absolute atomic E-state index is 0.114. The molecular weight excluding hydrogens is 172 g/mol. The topological polar surface area (TPSA) is 0 Å². The van der Waals surface area contributed by atoms with Crippen molar-refractivity contribution in [2.75, 3.05) is 0 Å². The summed E-state index contributed by atoms with van der Waals surface area (Å²) in [7, 11) is 0.114. The highest BCUT2D eigenvalue weighted by molar-refractivity contribution is 6.40. The van der Waals surface area contributed by atoms with E-state index in [4.69, 9.17) is 0 Å². The van der Waals surface area contributed by atoms with Gasteiger partial charge in [-0.1, -0.05) is 66.8 Å². The van der Waals surface area contributed by atoms with Gasteiger partial charge in [0, 0.05) is 9.52 Å². The summed E-state index contributed by atoms with van der Waals surface area (Å²) in [5.41, 5.74) is 0.609. The molecule has 0 saturated heterocycles. The largest absolute Gasteiger partial charge is 0.0652 e. The average Bonchev–Trinajstić information content (AvgIpc) is 2.14. The lowest BCUT2D eigenvalue weighted by Crippen LogP contribution is -2.21. The van der Waals surface area contributed by atoms with Crippen molar-refractivity contribution < 1.29 is 0 Å². The van der Waals surface area contributed by atoms with Gasteiger partial charge < -0.3 is 0 Å². The molecular formula is C12H28Si. The van der Waals surface area contributed by atoms with Crippen LogP contribution in [0.25, 0.3) is 0 Å². The second-order valence-corrected chi connectivity index (χ2v) is 8.24. The van der Waals surface area contributed by atoms with E-state index in [1.54, 1.807) is 0 Å². The average molecular weight is 200 g/mol. The minimum atomic E-state index is 0.114. The lowest BCUT2D eigenvalue weighted by molar-refractivity contribution is 0.389. The Kier molecular flexibility index (Phi) is 5.27. The zero-order valence-electron chi connectivity index (χ0n) is 10.5. The summed E-state index contributed by atoms with van der Waals surface area (Å²) >= 11 is 0. The fraction of sp³-hybridized carbons (Fsp3) is 1.00. The van der Waals surface area contributed by atoms with Gasteiger partial charge in [-0.15, -0.1) is 0 Å². The van der Waals surface area contributed by atoms with Crippen molar-refractivity contribution in [3.63, 3.8) is 0 Å². The molecule has 0 unspecified atom stereocenters. The van der Waals surface area contributed by atoms with Crippen LogP contribution < -0.4 is 0 Å². The molecule has 0 saturated carbocycles. The quantitative estimate of drug-likeness (QED) is 0.568. The summed E-state index contributed by atoms with van der Waals surface area (Å²) in [6, 6.07) is 1.52. The first-order valence-corrected chi connectivity index (χ1v) is 7.60. The zero-order chi connectivity index (χ0) is 10.5. The smallest absolute Gasteiger partial charge is 0.0272 e. The second-order valence-electron chi connectivity index (χ2n) is 5.54. The number of rotatable bonds is 6. The molecule has 0 radical (unpaired) electrons. The van der Waals surface area contributed by atoms with E-state index in [2.05, 4.69) is 41.5 Å². The Morgan fingerprint density at radius 2 is 1.31 bits per heavy atom. The van der Waals surface area contributed by atoms with Gasteiger partial charge in [-0.2, -0.15) is 0 Å². The standard InChI is InChI=1S/C12H28Si/c1-7-11(4,5)10-13-12(6,8-2)9-3/h7-10,13H2,1-6H3. The first kappa shape index (κ1) is 13.2. The van der Waals surface area contributed by atoms with Crippen LogP contribution in [0.5, 0.6) is 0 Å². The Balaban J connectivity index is 3.99. The monoisotopic (exact) mass is 200 g/mol. The third-order valence-corrected chi connectivity index (χ3v) is 7.88. The number of hydrogen-bond donors (Lipinski definition) is 0. The molecule has 13 heavy (non-hydrogen) atoms. The van der Waals surface area contributed by atoms with Crippen LogP contribution in [0.3, 0.4) is 0 Å². The first-order valence-electron chi connectivity index (χ1n) is 5.89. The van der Waals surface area contributed by atoms with Gasteiger partial charge in [-0.3, -0.25) is 0 Å². The summed E-state index contributed by atoms with van der Waals surface area (Å²) in [6.45, 7) is 14.4. The summed E-state index contributed by atoms with van der Waals surface area (Å²) in [4.78, 5) is 0. The maximum atomic E-state index is 2.49. The summed E-state index contributed by atoms with van der Waals surface area (Å²) in [5.74, 6) is 0. The molecule has 0 aliphatic carbocycles. The van der Waals surface area contributed by atoms with E-state index in [0.717, 1.165) is 5.04 Å². The van der Waals surface area contributed by atoms with E-state index in [1.165, 1.54) is 25.3 Å². The van der Waals surface area contributed by atoms with Crippen molar-refractivity contribution in [3.8, 4) is 0 Å². The van der Waals surface area contributed by atoms with Crippen LogP contribution in [0.15, 0.2) is 0 Å². The molecule has 0 aromatic carbocycles. The Labute approximate surface area is 87.3 Å². The molecule has 80 valence electrons. The van der Waals surface area contributed by atoms with Gasteiger partial charge in [0.1, 0.15) is 0 Å². The van der Waals surface area contributed by atoms with Crippen molar-refractivity contribution in [1.29, 1.82) is 0 Å². The first-order chi connectivity index (χ1) is 5.89. The Hall–Kier alpha value is 0.217. The Bertz CT molecular complexity index is 134. The predicted molar refractivity (Wildman–Crippen MR) is 66.4 cm³/mol. The highest BCUT2D eigenvalue weighted by Crippen LogP contribution is 2.37. The van der Waals surface area contributed by atoms with E-state index in [0.29, 0.717) is 5.41 Å². The van der Waals surface area contributed by atoms with Gasteiger partial charge in [0.15, 0.2) is 0 Å². The van der Waals surface area contributed by atoms with Crippen LogP contribution in [0.4, 0.5) is 0 Å². The molecule has 0 bridgehead atoms. The molecule has 0 N–H and O–H groups in total. The number of hydrogen-bond acceptors (Lipinski definition) is 0. The minimum Gasteiger partial charge on any atom is -0.0652 e. The van der Waals surface area contributed by atoms with Gasteiger partial charge in [-0.05, 0) is 10.5 Å². The van der Waals surface area contributed by atoms with Crippen molar-refractivity contribution in [2.45, 2.75) is 71.9 Å². The molecule has 0 aromatic heterocycles. The molecule has 0 spiro atoms. The molecule has 0 aromatic rings. The molecule has 0 fully saturated rings. The SMILES string of the molecule is CCC(C)(C)C[SiH2]C(C)(CC)CC. The molecule has 0 aliphatic rings. The van der Waals surface area contributed by atoms with Crippen molar-refractivity contribution in [1.82, 2.24) is 0 Å². The molecule has 0 nitrogen and oxygen atoms in total. The van der Waals surface area contributed by atoms with Gasteiger partial charge in [0.05, 0.1) is 0 Å². The van der Waals surface area contributed by atoms with Crippen LogP contribution in [0, 0.1) is 5.41 Å². The van der Waals surface area contributed by atoms with Crippen LogP contribution >= 0.6 is 0 Å². The molecule has 0 amide bonds. The van der Waals surface area contributed by atoms with Crippen LogP contribution in [-0.2, 0) is 0 Å². The third-order valence-electron chi connectivity index (χ3n) is 4.07. The molecule has 0 aliphatic heterocycles. The Morgan fingerprint density at radius 3 is 1.62 bits per heavy atom. The van der Waals surface area contributed by atoms with Crippen LogP contribution in [0.1, 0.15) is 60.8 Å². The van der Waals surface area contributed by atoms with Crippen molar-refractivity contribution in [3.05, 3.63) is 0 Å². The van der Waals surface area contributed by atoms with E-state index >= 15 is 0 Å². The fourth-order valence-electron chi connectivity index (χ4n) is 1.42. The van der Waals surface area contributed by atoms with E-state index < -0.39 is 0 Å². The van der Waals surface area contributed by atoms with E-state index in [-0.39, 0.29) is 9.52 Å². The van der Waals surface area contributed by atoms with Gasteiger partial charge >= 0.3 is 0 Å². The highest BCUT2D eigenvalue weighted by atomic mass is 28.2. The normalized spacial score (nSPS) is 14.3. The molecule has 0 heterocycles. The van der Waals surface area contributed by atoms with E-state index in [9.17, 15) is 0 Å². The highest BCUT2D eigenvalue weighted by Gasteiger charge is 2.24. The Morgan fingerprint density at radius 1 is 0.846 bits per heavy atom. The van der Waals surface area contributed by atoms with E-state index in [1.807, 2.05) is 0 Å². The molecule has 1 heteroatoms. The van der Waals surface area contributed by atoms with Crippen LogP contribution in [-0.4, -0.2) is 9.52 Å². The van der Waals surface area contributed by atoms with Crippen molar-refractivity contribution >= 4 is 9.52 Å². The van der Waals surface area contributed by atoms with Crippen LogP contribution in [0.2, 0.25) is 11.1 Å². The lowest BCUT2D eigenvalue weighted by atomic mass is 9.93. The summed E-state index contributed by atoms with van der Waals surface area (Å²) in [5, 5.41) is 0.729. The third kappa shape index (κ3) is 4.85. The van der Waals surface area contributed by atoms with Gasteiger partial charge in [0.25, 0.3) is 0 Å². The van der Waals surface area contributed by atoms with Gasteiger partial charge in [-0.25, -0.2) is 0 Å². The lowest BCUT2D eigenvalue weighted by Gasteiger charge is -2.31. The molecule has 0 atom stereocenters. The summed E-state index contributed by atoms with van der Waals surface area (Å²) in [6.07, 6.45) is 4.11. The zero-order valence-corrected chi connectivity index (χ0v) is 11.9.